The first-order valence-corrected chi connectivity index (χ1v) is 8.93. The van der Waals surface area contributed by atoms with Gasteiger partial charge in [-0.3, -0.25) is 14.5 Å². The number of carbonyl (C=O) groups is 1. The molecule has 144 valence electrons. The molecule has 3 rings (SSSR count). The summed E-state index contributed by atoms with van der Waals surface area (Å²) in [7, 11) is -2.71. The highest BCUT2D eigenvalue weighted by molar-refractivity contribution is 7.91. The first-order valence-electron chi connectivity index (χ1n) is 7.28. The summed E-state index contributed by atoms with van der Waals surface area (Å²) in [6.45, 7) is 1.25. The molecule has 0 aliphatic heterocycles. The Morgan fingerprint density at radius 1 is 1.22 bits per heavy atom. The first kappa shape index (κ1) is 18.7. The van der Waals surface area contributed by atoms with E-state index in [2.05, 4.69) is 31.0 Å². The maximum atomic E-state index is 13.4. The van der Waals surface area contributed by atoms with Gasteiger partial charge in [0.25, 0.3) is 11.1 Å². The quantitative estimate of drug-likeness (QED) is 0.656. The summed E-state index contributed by atoms with van der Waals surface area (Å²) in [5, 5.41) is 18.6. The fourth-order valence-electron chi connectivity index (χ4n) is 2.21. The fourth-order valence-corrected chi connectivity index (χ4v) is 3.09. The number of nitrogens with zero attached hydrogens (tertiary/aromatic N) is 7. The molecule has 3 aromatic heterocycles. The highest BCUT2D eigenvalue weighted by atomic mass is 32.2. The van der Waals surface area contributed by atoms with E-state index in [0.29, 0.717) is 10.5 Å². The minimum Gasteiger partial charge on any atom is -0.289 e. The number of hydrogen-bond donors (Lipinski definition) is 1. The van der Waals surface area contributed by atoms with Crippen LogP contribution in [0.2, 0.25) is 0 Å². The largest absolute Gasteiger partial charge is 0.431 e. The average molecular weight is 404 g/mol. The number of fused-ring (bicyclic) bond motifs is 1. The van der Waals surface area contributed by atoms with E-state index in [4.69, 9.17) is 0 Å². The molecule has 0 radical (unpaired) electrons. The van der Waals surface area contributed by atoms with Crippen molar-refractivity contribution in [1.82, 2.24) is 34.8 Å². The van der Waals surface area contributed by atoms with Gasteiger partial charge in [-0.1, -0.05) is 12.0 Å². The summed E-state index contributed by atoms with van der Waals surface area (Å²) in [5.41, 5.74) is -2.23. The Kier molecular flexibility index (Phi) is 4.33. The molecule has 0 saturated carbocycles. The first-order chi connectivity index (χ1) is 12.6. The van der Waals surface area contributed by atoms with E-state index in [-0.39, 0.29) is 11.5 Å². The zero-order valence-corrected chi connectivity index (χ0v) is 14.6. The van der Waals surface area contributed by atoms with Gasteiger partial charge in [0, 0.05) is 7.05 Å². The van der Waals surface area contributed by atoms with Crippen molar-refractivity contribution in [2.75, 3.05) is 11.1 Å². The second kappa shape index (κ2) is 6.26. The molecule has 0 aliphatic rings. The van der Waals surface area contributed by atoms with Crippen molar-refractivity contribution in [3.63, 3.8) is 0 Å². The maximum Gasteiger partial charge on any atom is 0.431 e. The van der Waals surface area contributed by atoms with Gasteiger partial charge in [-0.05, 0) is 22.6 Å². The zero-order valence-electron chi connectivity index (χ0n) is 13.8. The monoisotopic (exact) mass is 404 g/mol. The Hall–Kier alpha value is -3.10. The van der Waals surface area contributed by atoms with E-state index in [9.17, 15) is 26.4 Å². The number of tetrazole rings is 1. The number of halogens is 3. The van der Waals surface area contributed by atoms with Gasteiger partial charge in [0.2, 0.25) is 15.8 Å². The smallest absolute Gasteiger partial charge is 0.289 e. The molecule has 0 bridgehead atoms. The second-order valence-electron chi connectivity index (χ2n) is 5.26. The highest BCUT2D eigenvalue weighted by Crippen LogP contribution is 2.32. The van der Waals surface area contributed by atoms with Gasteiger partial charge in [0.05, 0.1) is 11.3 Å². The van der Waals surface area contributed by atoms with Crippen LogP contribution in [0.15, 0.2) is 17.3 Å². The number of anilines is 1. The van der Waals surface area contributed by atoms with Crippen molar-refractivity contribution in [3.05, 3.63) is 23.4 Å². The minimum atomic E-state index is -4.90. The lowest BCUT2D eigenvalue weighted by Gasteiger charge is -2.12. The second-order valence-corrected chi connectivity index (χ2v) is 7.43. The minimum absolute atomic E-state index is 0.0704. The normalized spacial score (nSPS) is 12.5. The number of nitrogens with one attached hydrogen (secondary N) is 1. The molecule has 0 spiro atoms. The molecule has 3 heterocycles. The third kappa shape index (κ3) is 3.20. The number of rotatable bonds is 4. The lowest BCUT2D eigenvalue weighted by atomic mass is 10.2. The molecular formula is C12H11F3N8O3S. The van der Waals surface area contributed by atoms with Crippen LogP contribution in [0, 0.1) is 0 Å². The summed E-state index contributed by atoms with van der Waals surface area (Å²) in [4.78, 5) is 12.4. The number of sulfone groups is 1. The summed E-state index contributed by atoms with van der Waals surface area (Å²) in [5.74, 6) is -1.45. The van der Waals surface area contributed by atoms with Crippen molar-refractivity contribution in [3.8, 4) is 0 Å². The van der Waals surface area contributed by atoms with Gasteiger partial charge in [0.1, 0.15) is 5.69 Å². The number of aromatic nitrogens is 7. The van der Waals surface area contributed by atoms with Crippen molar-refractivity contribution in [2.45, 2.75) is 18.3 Å². The van der Waals surface area contributed by atoms with E-state index in [0.717, 1.165) is 10.7 Å². The molecule has 3 aromatic rings. The molecular weight excluding hydrogens is 393 g/mol. The summed E-state index contributed by atoms with van der Waals surface area (Å²) < 4.78 is 65.7. The van der Waals surface area contributed by atoms with Crippen molar-refractivity contribution < 1.29 is 26.4 Å². The predicted molar refractivity (Wildman–Crippen MR) is 82.5 cm³/mol. The van der Waals surface area contributed by atoms with E-state index in [1.807, 2.05) is 0 Å². The van der Waals surface area contributed by atoms with Crippen LogP contribution in [0.4, 0.5) is 19.1 Å². The van der Waals surface area contributed by atoms with E-state index in [1.165, 1.54) is 14.0 Å². The van der Waals surface area contributed by atoms with Crippen molar-refractivity contribution in [2.24, 2.45) is 7.05 Å². The molecule has 15 heteroatoms. The fraction of sp³-hybridized carbons (Fsp3) is 0.333. The van der Waals surface area contributed by atoms with Crippen LogP contribution in [0.5, 0.6) is 0 Å². The molecule has 1 amide bonds. The Morgan fingerprint density at radius 2 is 1.93 bits per heavy atom. The molecule has 1 N–H and O–H groups in total. The van der Waals surface area contributed by atoms with Crippen LogP contribution < -0.4 is 5.32 Å². The van der Waals surface area contributed by atoms with Crippen LogP contribution in [-0.4, -0.2) is 54.9 Å². The van der Waals surface area contributed by atoms with E-state index < -0.39 is 44.2 Å². The predicted octanol–water partition coefficient (Wildman–Crippen LogP) is 0.318. The van der Waals surface area contributed by atoms with Gasteiger partial charge in [-0.2, -0.15) is 13.2 Å². The number of aryl methyl sites for hydroxylation is 1. The Balaban J connectivity index is 2.22. The van der Waals surface area contributed by atoms with Crippen LogP contribution in [0.25, 0.3) is 5.65 Å². The van der Waals surface area contributed by atoms with Gasteiger partial charge in [0.15, 0.2) is 5.65 Å². The molecule has 0 saturated heterocycles. The summed E-state index contributed by atoms with van der Waals surface area (Å²) in [6, 6.07) is 1.45. The molecule has 0 aliphatic carbocycles. The van der Waals surface area contributed by atoms with Crippen LogP contribution in [0.3, 0.4) is 0 Å². The number of carbonyl (C=O) groups excluding carboxylic acids is 1. The Morgan fingerprint density at radius 3 is 2.48 bits per heavy atom. The lowest BCUT2D eigenvalue weighted by Crippen LogP contribution is -2.20. The van der Waals surface area contributed by atoms with Crippen LogP contribution in [-0.2, 0) is 23.1 Å². The molecule has 0 atom stereocenters. The maximum absolute atomic E-state index is 13.4. The van der Waals surface area contributed by atoms with Gasteiger partial charge >= 0.3 is 6.18 Å². The van der Waals surface area contributed by atoms with Crippen molar-refractivity contribution in [1.29, 1.82) is 0 Å². The average Bonchev–Trinajstić information content (AvgIpc) is 3.20. The highest BCUT2D eigenvalue weighted by Gasteiger charge is 2.37. The van der Waals surface area contributed by atoms with Gasteiger partial charge in [-0.15, -0.1) is 10.2 Å². The van der Waals surface area contributed by atoms with Crippen LogP contribution >= 0.6 is 0 Å². The molecule has 27 heavy (non-hydrogen) atoms. The van der Waals surface area contributed by atoms with Crippen LogP contribution in [0.1, 0.15) is 23.0 Å². The summed E-state index contributed by atoms with van der Waals surface area (Å²) in [6.07, 6.45) is -4.90. The third-order valence-electron chi connectivity index (χ3n) is 3.56. The summed E-state index contributed by atoms with van der Waals surface area (Å²) >= 11 is 0. The van der Waals surface area contributed by atoms with E-state index in [1.54, 1.807) is 0 Å². The molecule has 0 aromatic carbocycles. The topological polar surface area (TPSA) is 137 Å². The lowest BCUT2D eigenvalue weighted by molar-refractivity contribution is -0.142. The zero-order chi connectivity index (χ0) is 20.0. The Bertz CT molecular complexity index is 1130. The SMILES string of the molecule is CCS(=O)(=O)c1nnc2c(C(=O)Nc3nnnn3C)ccc(C(F)(F)F)n12. The standard InChI is InChI=1S/C12H11F3N8O3S/c1-3-27(25,26)11-19-17-8-6(4-5-7(23(8)11)12(13,14)15)9(24)16-10-18-20-21-22(10)2/h4-5H,3H2,1-2H3,(H,16,18,21,24). The third-order valence-corrected chi connectivity index (χ3v) is 5.14. The van der Waals surface area contributed by atoms with Gasteiger partial charge in [-0.25, -0.2) is 13.1 Å². The molecule has 0 unspecified atom stereocenters. The number of hydrogen-bond acceptors (Lipinski definition) is 8. The molecule has 11 nitrogen and oxygen atoms in total. The number of amides is 1. The molecule has 0 fully saturated rings. The number of pyridine rings is 1. The van der Waals surface area contributed by atoms with Gasteiger partial charge < -0.3 is 0 Å². The van der Waals surface area contributed by atoms with E-state index >= 15 is 0 Å². The number of alkyl halides is 3. The Labute approximate surface area is 149 Å². The van der Waals surface area contributed by atoms with Crippen molar-refractivity contribution >= 4 is 27.3 Å².